The third-order valence-electron chi connectivity index (χ3n) is 5.32. The molecule has 110 valence electrons. The Morgan fingerprint density at radius 2 is 1.21 bits per heavy atom. The van der Waals surface area contributed by atoms with E-state index in [4.69, 9.17) is 0 Å². The Balaban J connectivity index is 1.53. The lowest BCUT2D eigenvalue weighted by Gasteiger charge is -2.64. The predicted molar refractivity (Wildman–Crippen MR) is 80.5 cm³/mol. The van der Waals surface area contributed by atoms with Gasteiger partial charge in [-0.3, -0.25) is 14.7 Å². The van der Waals surface area contributed by atoms with Crippen LogP contribution in [0.15, 0.2) is 0 Å². The number of rotatable bonds is 1. The minimum absolute atomic E-state index is 0.354. The SMILES string of the molecule is CC(C)(C)N1CC(N2CC3CC(C2)N3C(C)(C)C)C1. The number of hydrogen-bond acceptors (Lipinski definition) is 3. The van der Waals surface area contributed by atoms with Crippen LogP contribution in [0.2, 0.25) is 0 Å². The van der Waals surface area contributed by atoms with Crippen LogP contribution in [0.25, 0.3) is 0 Å². The zero-order chi connectivity index (χ0) is 14.0. The van der Waals surface area contributed by atoms with E-state index >= 15 is 0 Å². The first kappa shape index (κ1) is 13.8. The van der Waals surface area contributed by atoms with Gasteiger partial charge in [0.25, 0.3) is 0 Å². The summed E-state index contributed by atoms with van der Waals surface area (Å²) >= 11 is 0. The van der Waals surface area contributed by atoms with Gasteiger partial charge in [0.15, 0.2) is 0 Å². The summed E-state index contributed by atoms with van der Waals surface area (Å²) in [6.07, 6.45) is 1.43. The number of fused-ring (bicyclic) bond motifs is 2. The smallest absolute Gasteiger partial charge is 0.0352 e. The maximum absolute atomic E-state index is 2.77. The van der Waals surface area contributed by atoms with E-state index in [1.807, 2.05) is 0 Å². The molecule has 4 aliphatic rings. The third kappa shape index (κ3) is 2.34. The molecule has 0 aliphatic carbocycles. The highest BCUT2D eigenvalue weighted by molar-refractivity contribution is 5.08. The topological polar surface area (TPSA) is 9.72 Å². The molecule has 4 rings (SSSR count). The summed E-state index contributed by atoms with van der Waals surface area (Å²) in [6, 6.07) is 2.47. The summed E-state index contributed by atoms with van der Waals surface area (Å²) in [6.45, 7) is 19.3. The maximum Gasteiger partial charge on any atom is 0.0352 e. The van der Waals surface area contributed by atoms with Gasteiger partial charge in [-0.15, -0.1) is 0 Å². The molecule has 0 spiro atoms. The fourth-order valence-electron chi connectivity index (χ4n) is 4.27. The van der Waals surface area contributed by atoms with Crippen molar-refractivity contribution in [3.8, 4) is 0 Å². The monoisotopic (exact) mass is 265 g/mol. The Labute approximate surface area is 118 Å². The fourth-order valence-corrected chi connectivity index (χ4v) is 4.27. The molecule has 0 aromatic heterocycles. The first-order valence-corrected chi connectivity index (χ1v) is 7.94. The molecule has 0 radical (unpaired) electrons. The van der Waals surface area contributed by atoms with Gasteiger partial charge in [-0.2, -0.15) is 0 Å². The number of piperazine rings is 1. The summed E-state index contributed by atoms with van der Waals surface area (Å²) in [7, 11) is 0. The van der Waals surface area contributed by atoms with Crippen LogP contribution in [0, 0.1) is 0 Å². The molecule has 4 aliphatic heterocycles. The van der Waals surface area contributed by atoms with Gasteiger partial charge in [-0.05, 0) is 48.0 Å². The molecule has 3 heteroatoms. The molecule has 0 aromatic rings. The lowest BCUT2D eigenvalue weighted by Crippen LogP contribution is -2.77. The lowest BCUT2D eigenvalue weighted by molar-refractivity contribution is -0.147. The molecule has 0 saturated carbocycles. The average molecular weight is 265 g/mol. The van der Waals surface area contributed by atoms with Gasteiger partial charge in [-0.25, -0.2) is 0 Å². The summed E-state index contributed by atoms with van der Waals surface area (Å²) < 4.78 is 0. The number of piperidine rings is 1. The zero-order valence-corrected chi connectivity index (χ0v) is 13.6. The minimum atomic E-state index is 0.354. The van der Waals surface area contributed by atoms with Crippen molar-refractivity contribution in [2.24, 2.45) is 0 Å². The van der Waals surface area contributed by atoms with E-state index in [9.17, 15) is 0 Å². The average Bonchev–Trinajstić information content (AvgIpc) is 2.09. The first-order chi connectivity index (χ1) is 8.66. The predicted octanol–water partition coefficient (Wildman–Crippen LogP) is 2.03. The first-order valence-electron chi connectivity index (χ1n) is 7.94. The summed E-state index contributed by atoms with van der Waals surface area (Å²) in [5.41, 5.74) is 0.712. The highest BCUT2D eigenvalue weighted by Gasteiger charge is 2.51. The van der Waals surface area contributed by atoms with Crippen LogP contribution >= 0.6 is 0 Å². The Morgan fingerprint density at radius 1 is 0.684 bits per heavy atom. The van der Waals surface area contributed by atoms with Gasteiger partial charge >= 0.3 is 0 Å². The van der Waals surface area contributed by atoms with E-state index < -0.39 is 0 Å². The third-order valence-corrected chi connectivity index (χ3v) is 5.32. The minimum Gasteiger partial charge on any atom is -0.295 e. The second kappa shape index (κ2) is 4.19. The molecular weight excluding hydrogens is 234 g/mol. The highest BCUT2D eigenvalue weighted by Crippen LogP contribution is 2.40. The van der Waals surface area contributed by atoms with Crippen LogP contribution in [0.5, 0.6) is 0 Å². The number of likely N-dealkylation sites (tertiary alicyclic amines) is 1. The number of hydrogen-bond donors (Lipinski definition) is 0. The molecule has 3 nitrogen and oxygen atoms in total. The zero-order valence-electron chi connectivity index (χ0n) is 13.6. The van der Waals surface area contributed by atoms with Gasteiger partial charge < -0.3 is 0 Å². The standard InChI is InChI=1S/C16H31N3/c1-15(2,3)18-10-14(11-18)17-8-12-7-13(9-17)19(12)16(4,5)6/h12-14H,7-11H2,1-6H3. The van der Waals surface area contributed by atoms with Gasteiger partial charge in [0.05, 0.1) is 0 Å². The quantitative estimate of drug-likeness (QED) is 0.718. The number of nitrogens with zero attached hydrogens (tertiary/aromatic N) is 3. The lowest BCUT2D eigenvalue weighted by atomic mass is 9.81. The van der Waals surface area contributed by atoms with E-state index in [0.29, 0.717) is 11.1 Å². The molecule has 4 saturated heterocycles. The summed E-state index contributed by atoms with van der Waals surface area (Å²) in [5, 5.41) is 0. The van der Waals surface area contributed by atoms with E-state index in [1.54, 1.807) is 0 Å². The van der Waals surface area contributed by atoms with Crippen LogP contribution in [-0.4, -0.2) is 70.1 Å². The molecule has 4 fully saturated rings. The molecule has 2 atom stereocenters. The molecule has 2 unspecified atom stereocenters. The van der Waals surface area contributed by atoms with Crippen molar-refractivity contribution in [3.05, 3.63) is 0 Å². The van der Waals surface area contributed by atoms with Gasteiger partial charge in [0.1, 0.15) is 0 Å². The molecule has 0 amide bonds. The van der Waals surface area contributed by atoms with Gasteiger partial charge in [-0.1, -0.05) is 0 Å². The Bertz CT molecular complexity index is 334. The molecule has 4 heterocycles. The van der Waals surface area contributed by atoms with Gasteiger partial charge in [0.2, 0.25) is 0 Å². The van der Waals surface area contributed by atoms with E-state index in [0.717, 1.165) is 18.1 Å². The molecule has 0 N–H and O–H groups in total. The maximum atomic E-state index is 2.77. The van der Waals surface area contributed by atoms with Crippen LogP contribution in [0.3, 0.4) is 0 Å². The van der Waals surface area contributed by atoms with E-state index in [2.05, 4.69) is 56.2 Å². The van der Waals surface area contributed by atoms with Gasteiger partial charge in [0, 0.05) is 55.4 Å². The summed E-state index contributed by atoms with van der Waals surface area (Å²) in [4.78, 5) is 8.13. The molecule has 0 aromatic carbocycles. The van der Waals surface area contributed by atoms with Crippen molar-refractivity contribution in [2.75, 3.05) is 26.2 Å². The molecule has 2 bridgehead atoms. The fraction of sp³-hybridized carbons (Fsp3) is 1.00. The van der Waals surface area contributed by atoms with Crippen molar-refractivity contribution in [2.45, 2.75) is 77.2 Å². The highest BCUT2D eigenvalue weighted by atomic mass is 15.4. The second-order valence-electron chi connectivity index (χ2n) is 8.80. The van der Waals surface area contributed by atoms with Crippen molar-refractivity contribution < 1.29 is 0 Å². The van der Waals surface area contributed by atoms with Crippen LogP contribution < -0.4 is 0 Å². The largest absolute Gasteiger partial charge is 0.295 e. The van der Waals surface area contributed by atoms with Crippen LogP contribution in [0.1, 0.15) is 48.0 Å². The normalized spacial score (nSPS) is 35.1. The Hall–Kier alpha value is -0.120. The Kier molecular flexibility index (Phi) is 3.05. The van der Waals surface area contributed by atoms with E-state index in [-0.39, 0.29) is 0 Å². The van der Waals surface area contributed by atoms with Crippen molar-refractivity contribution in [3.63, 3.8) is 0 Å². The van der Waals surface area contributed by atoms with Crippen molar-refractivity contribution >= 4 is 0 Å². The van der Waals surface area contributed by atoms with Crippen LogP contribution in [-0.2, 0) is 0 Å². The molecular formula is C16H31N3. The van der Waals surface area contributed by atoms with Crippen LogP contribution in [0.4, 0.5) is 0 Å². The Morgan fingerprint density at radius 3 is 1.63 bits per heavy atom. The van der Waals surface area contributed by atoms with Crippen molar-refractivity contribution in [1.29, 1.82) is 0 Å². The second-order valence-corrected chi connectivity index (χ2v) is 8.80. The van der Waals surface area contributed by atoms with Crippen molar-refractivity contribution in [1.82, 2.24) is 14.7 Å². The summed E-state index contributed by atoms with van der Waals surface area (Å²) in [5.74, 6) is 0. The molecule has 19 heavy (non-hydrogen) atoms. The van der Waals surface area contributed by atoms with E-state index in [1.165, 1.54) is 32.6 Å².